The van der Waals surface area contributed by atoms with E-state index in [2.05, 4.69) is 282 Å². The number of para-hydroxylation sites is 2. The second-order valence-electron chi connectivity index (χ2n) is 18.8. The lowest BCUT2D eigenvalue weighted by Crippen LogP contribution is -2.23. The SMILES string of the molecule is C/C=c1/cccc/c1=C/c1cc2ccccc2n1-c1ccc(-c2ccc(C)cc2)cc1.C=CC=C.CC.Cc1ccc(-c2ccc3oc4ccccc4c3c2)cc1.Cc1ccc(-c2ccc3sc4ccccc4c3c2)cc1. The maximum atomic E-state index is 5.86. The Morgan fingerprint density at radius 2 is 0.857 bits per heavy atom. The summed E-state index contributed by atoms with van der Waals surface area (Å²) >= 11 is 1.87. The quantitative estimate of drug-likeness (QED) is 0.152. The van der Waals surface area contributed by atoms with Gasteiger partial charge in [0.2, 0.25) is 0 Å². The zero-order valence-electron chi connectivity index (χ0n) is 45.0. The van der Waals surface area contributed by atoms with Crippen molar-refractivity contribution in [2.75, 3.05) is 0 Å². The van der Waals surface area contributed by atoms with Crippen molar-refractivity contribution in [3.8, 4) is 39.1 Å². The summed E-state index contributed by atoms with van der Waals surface area (Å²) in [5, 5.41) is 8.80. The number of rotatable bonds is 6. The van der Waals surface area contributed by atoms with Crippen LogP contribution < -0.4 is 10.4 Å². The van der Waals surface area contributed by atoms with E-state index in [9.17, 15) is 0 Å². The molecule has 10 aromatic carbocycles. The molecule has 3 heteroatoms. The molecular weight excluding hydrogens is 951 g/mol. The predicted molar refractivity (Wildman–Crippen MR) is 338 cm³/mol. The molecule has 0 aliphatic heterocycles. The summed E-state index contributed by atoms with van der Waals surface area (Å²) in [6, 6.07) is 84.3. The van der Waals surface area contributed by atoms with E-state index in [0.717, 1.165) is 11.2 Å². The number of hydrogen-bond acceptors (Lipinski definition) is 2. The molecule has 0 saturated heterocycles. The van der Waals surface area contributed by atoms with Crippen LogP contribution in [0.25, 0.3) is 104 Å². The molecule has 0 aliphatic carbocycles. The van der Waals surface area contributed by atoms with E-state index >= 15 is 0 Å². The first-order valence-corrected chi connectivity index (χ1v) is 27.3. The number of nitrogens with zero attached hydrogens (tertiary/aromatic N) is 1. The molecule has 0 N–H and O–H groups in total. The third kappa shape index (κ3) is 12.2. The van der Waals surface area contributed by atoms with Crippen LogP contribution in [0.1, 0.15) is 43.2 Å². The van der Waals surface area contributed by atoms with Crippen LogP contribution in [-0.4, -0.2) is 4.57 Å². The molecule has 0 bridgehead atoms. The minimum atomic E-state index is 0.946. The van der Waals surface area contributed by atoms with E-state index in [1.165, 1.54) is 114 Å². The van der Waals surface area contributed by atoms with Crippen LogP contribution in [0.5, 0.6) is 0 Å². The maximum absolute atomic E-state index is 5.86. The molecule has 13 aromatic rings. The van der Waals surface area contributed by atoms with E-state index in [-0.39, 0.29) is 0 Å². The van der Waals surface area contributed by atoms with Gasteiger partial charge in [-0.05, 0) is 138 Å². The summed E-state index contributed by atoms with van der Waals surface area (Å²) < 4.78 is 10.9. The van der Waals surface area contributed by atoms with Gasteiger partial charge in [0.25, 0.3) is 0 Å². The van der Waals surface area contributed by atoms with Gasteiger partial charge in [-0.15, -0.1) is 11.3 Å². The second kappa shape index (κ2) is 25.0. The molecule has 77 heavy (non-hydrogen) atoms. The first kappa shape index (κ1) is 52.8. The average molecular weight is 1020 g/mol. The minimum Gasteiger partial charge on any atom is -0.456 e. The Morgan fingerprint density at radius 3 is 1.47 bits per heavy atom. The predicted octanol–water partition coefficient (Wildman–Crippen LogP) is 20.2. The standard InChI is InChI=1S/C30H25N.C19H14O.C19H14S.C4H6.C2H6/c1-3-23-8-4-5-9-26(23)20-29-21-27-10-6-7-11-30(27)31(29)28-18-16-25(17-19-28)24-14-12-22(2)13-15-24;2*1-13-6-8-14(9-7-13)15-10-11-19-17(12-15)16-4-2-3-5-18(16)20-19;1-3-4-2;1-2/h3-21H,1-2H3;2*2-12H,1H3;3-4H,1-2H2;1-2H3/b23-3-,26-20-;;;;. The van der Waals surface area contributed by atoms with Gasteiger partial charge in [0.15, 0.2) is 0 Å². The molecule has 0 spiro atoms. The Bertz CT molecular complexity index is 4060. The third-order valence-corrected chi connectivity index (χ3v) is 14.7. The van der Waals surface area contributed by atoms with Gasteiger partial charge >= 0.3 is 0 Å². The summed E-state index contributed by atoms with van der Waals surface area (Å²) in [6.45, 7) is 19.2. The first-order valence-electron chi connectivity index (χ1n) is 26.5. The van der Waals surface area contributed by atoms with Crippen molar-refractivity contribution >= 4 is 76.5 Å². The summed E-state index contributed by atoms with van der Waals surface area (Å²) in [4.78, 5) is 0. The number of hydrogen-bond donors (Lipinski definition) is 0. The number of aromatic nitrogens is 1. The Morgan fingerprint density at radius 1 is 0.403 bits per heavy atom. The lowest BCUT2D eigenvalue weighted by atomic mass is 10.0. The molecular formula is C74H65NOS. The van der Waals surface area contributed by atoms with Gasteiger partial charge in [0, 0.05) is 47.7 Å². The third-order valence-electron chi connectivity index (χ3n) is 13.5. The number of furan rings is 1. The lowest BCUT2D eigenvalue weighted by Gasteiger charge is -2.11. The van der Waals surface area contributed by atoms with Crippen LogP contribution in [0.4, 0.5) is 0 Å². The second-order valence-corrected chi connectivity index (χ2v) is 19.8. The number of allylic oxidation sites excluding steroid dienone is 2. The van der Waals surface area contributed by atoms with Crippen molar-refractivity contribution in [1.29, 1.82) is 0 Å². The molecule has 13 rings (SSSR count). The highest BCUT2D eigenvalue weighted by atomic mass is 32.1. The molecule has 0 saturated carbocycles. The van der Waals surface area contributed by atoms with Gasteiger partial charge < -0.3 is 8.98 Å². The van der Waals surface area contributed by atoms with Crippen LogP contribution in [0.3, 0.4) is 0 Å². The average Bonchev–Trinajstić information content (AvgIpc) is 4.21. The van der Waals surface area contributed by atoms with Crippen molar-refractivity contribution in [2.45, 2.75) is 41.5 Å². The Balaban J connectivity index is 0.000000138. The maximum Gasteiger partial charge on any atom is 0.135 e. The first-order chi connectivity index (χ1) is 37.8. The molecule has 0 fully saturated rings. The molecule has 378 valence electrons. The fourth-order valence-electron chi connectivity index (χ4n) is 9.49. The number of aryl methyl sites for hydroxylation is 3. The highest BCUT2D eigenvalue weighted by molar-refractivity contribution is 7.25. The van der Waals surface area contributed by atoms with Gasteiger partial charge in [0.05, 0.1) is 5.52 Å². The van der Waals surface area contributed by atoms with Crippen LogP contribution in [0, 0.1) is 20.8 Å². The van der Waals surface area contributed by atoms with Crippen molar-refractivity contribution in [3.05, 3.63) is 295 Å². The van der Waals surface area contributed by atoms with Crippen molar-refractivity contribution in [2.24, 2.45) is 0 Å². The molecule has 0 radical (unpaired) electrons. The molecule has 0 atom stereocenters. The molecule has 3 heterocycles. The van der Waals surface area contributed by atoms with Gasteiger partial charge in [-0.1, -0.05) is 238 Å². The van der Waals surface area contributed by atoms with Crippen LogP contribution in [-0.2, 0) is 0 Å². The molecule has 0 aliphatic rings. The summed E-state index contributed by atoms with van der Waals surface area (Å²) in [6.07, 6.45) is 7.72. The van der Waals surface area contributed by atoms with Gasteiger partial charge in [-0.2, -0.15) is 0 Å². The Labute approximate surface area is 458 Å². The fourth-order valence-corrected chi connectivity index (χ4v) is 10.6. The Kier molecular flexibility index (Phi) is 17.2. The van der Waals surface area contributed by atoms with Crippen molar-refractivity contribution in [3.63, 3.8) is 0 Å². The zero-order valence-corrected chi connectivity index (χ0v) is 45.8. The Hall–Kier alpha value is -9.02. The minimum absolute atomic E-state index is 0.946. The van der Waals surface area contributed by atoms with Gasteiger partial charge in [-0.3, -0.25) is 0 Å². The summed E-state index contributed by atoms with van der Waals surface area (Å²) in [7, 11) is 0. The van der Waals surface area contributed by atoms with E-state index in [1.54, 1.807) is 12.2 Å². The van der Waals surface area contributed by atoms with Crippen LogP contribution in [0.15, 0.2) is 266 Å². The van der Waals surface area contributed by atoms with Crippen molar-refractivity contribution < 1.29 is 4.42 Å². The summed E-state index contributed by atoms with van der Waals surface area (Å²) in [5.41, 5.74) is 16.8. The molecule has 0 amide bonds. The summed E-state index contributed by atoms with van der Waals surface area (Å²) in [5.74, 6) is 0. The van der Waals surface area contributed by atoms with Crippen LogP contribution >= 0.6 is 11.3 Å². The zero-order chi connectivity index (χ0) is 53.7. The highest BCUT2D eigenvalue weighted by Gasteiger charge is 2.11. The number of fused-ring (bicyclic) bond motifs is 7. The largest absolute Gasteiger partial charge is 0.456 e. The van der Waals surface area contributed by atoms with E-state index in [0.29, 0.717) is 0 Å². The normalized spacial score (nSPS) is 11.2. The fraction of sp³-hybridized carbons (Fsp3) is 0.0811. The van der Waals surface area contributed by atoms with Crippen molar-refractivity contribution in [1.82, 2.24) is 4.57 Å². The van der Waals surface area contributed by atoms with E-state index in [1.807, 2.05) is 37.3 Å². The van der Waals surface area contributed by atoms with Crippen LogP contribution in [0.2, 0.25) is 0 Å². The number of benzene rings is 10. The molecule has 0 unspecified atom stereocenters. The van der Waals surface area contributed by atoms with Gasteiger partial charge in [0.1, 0.15) is 11.2 Å². The molecule has 2 nitrogen and oxygen atoms in total. The monoisotopic (exact) mass is 1020 g/mol. The van der Waals surface area contributed by atoms with Gasteiger partial charge in [-0.25, -0.2) is 0 Å². The van der Waals surface area contributed by atoms with E-state index < -0.39 is 0 Å². The van der Waals surface area contributed by atoms with E-state index in [4.69, 9.17) is 4.42 Å². The molecule has 3 aromatic heterocycles. The number of thiophene rings is 1. The topological polar surface area (TPSA) is 18.1 Å². The smallest absolute Gasteiger partial charge is 0.135 e. The highest BCUT2D eigenvalue weighted by Crippen LogP contribution is 2.37. The lowest BCUT2D eigenvalue weighted by molar-refractivity contribution is 0.669.